The lowest BCUT2D eigenvalue weighted by molar-refractivity contribution is 0.0885. The molecule has 2 rings (SSSR count). The maximum absolute atomic E-state index is 12.5. The van der Waals surface area contributed by atoms with Gasteiger partial charge in [-0.05, 0) is 25.2 Å². The number of halogens is 1. The van der Waals surface area contributed by atoms with Crippen LogP contribution in [0.1, 0.15) is 50.0 Å². The Morgan fingerprint density at radius 3 is 2.94 bits per heavy atom. The van der Waals surface area contributed by atoms with E-state index < -0.39 is 0 Å². The second-order valence-electron chi connectivity index (χ2n) is 4.94. The number of ketones is 1. The fraction of sp³-hybridized carbons (Fsp3) is 0.692. The van der Waals surface area contributed by atoms with E-state index in [9.17, 15) is 4.79 Å². The second kappa shape index (κ2) is 5.21. The normalized spacial score (nSPS) is 24.2. The molecule has 1 aliphatic rings. The minimum atomic E-state index is 0.139. The molecule has 1 heterocycles. The van der Waals surface area contributed by atoms with Crippen molar-refractivity contribution in [2.24, 2.45) is 11.8 Å². The average molecular weight is 255 g/mol. The van der Waals surface area contributed by atoms with Crippen molar-refractivity contribution in [1.82, 2.24) is 9.78 Å². The first kappa shape index (κ1) is 12.6. The largest absolute Gasteiger partial charge is 0.292 e. The number of carbonyl (C=O) groups is 1. The molecular formula is C13H19ClN2O. The Morgan fingerprint density at radius 2 is 2.35 bits per heavy atom. The summed E-state index contributed by atoms with van der Waals surface area (Å²) in [5, 5.41) is 4.69. The van der Waals surface area contributed by atoms with E-state index in [1.807, 2.05) is 0 Å². The summed E-state index contributed by atoms with van der Waals surface area (Å²) >= 11 is 6.10. The number of aromatic nitrogens is 2. The van der Waals surface area contributed by atoms with E-state index in [1.165, 1.54) is 0 Å². The van der Waals surface area contributed by atoms with E-state index in [4.69, 9.17) is 11.6 Å². The topological polar surface area (TPSA) is 34.9 Å². The Labute approximate surface area is 107 Å². The molecule has 1 saturated carbocycles. The van der Waals surface area contributed by atoms with Gasteiger partial charge in [-0.1, -0.05) is 31.9 Å². The van der Waals surface area contributed by atoms with Crippen LogP contribution < -0.4 is 0 Å². The third-order valence-electron chi connectivity index (χ3n) is 3.66. The van der Waals surface area contributed by atoms with Gasteiger partial charge >= 0.3 is 0 Å². The molecule has 0 bridgehead atoms. The van der Waals surface area contributed by atoms with Crippen LogP contribution in [-0.2, 0) is 6.54 Å². The predicted octanol–water partition coefficient (Wildman–Crippen LogP) is 3.57. The number of nitrogens with zero attached hydrogens (tertiary/aromatic N) is 2. The van der Waals surface area contributed by atoms with Gasteiger partial charge in [-0.25, -0.2) is 0 Å². The van der Waals surface area contributed by atoms with Crippen LogP contribution in [0.2, 0.25) is 5.02 Å². The van der Waals surface area contributed by atoms with Gasteiger partial charge in [0, 0.05) is 12.5 Å². The summed E-state index contributed by atoms with van der Waals surface area (Å²) in [6.07, 6.45) is 5.84. The highest BCUT2D eigenvalue weighted by molar-refractivity contribution is 6.33. The van der Waals surface area contributed by atoms with Gasteiger partial charge in [-0.3, -0.25) is 9.48 Å². The lowest BCUT2D eigenvalue weighted by atomic mass is 9.92. The van der Waals surface area contributed by atoms with Crippen LogP contribution in [0.5, 0.6) is 0 Å². The molecule has 0 aromatic carbocycles. The van der Waals surface area contributed by atoms with Crippen LogP contribution in [0, 0.1) is 11.8 Å². The van der Waals surface area contributed by atoms with Crippen molar-refractivity contribution < 1.29 is 4.79 Å². The Morgan fingerprint density at radius 1 is 1.59 bits per heavy atom. The Balaban J connectivity index is 2.26. The highest BCUT2D eigenvalue weighted by atomic mass is 35.5. The zero-order chi connectivity index (χ0) is 12.4. The summed E-state index contributed by atoms with van der Waals surface area (Å²) in [4.78, 5) is 12.5. The zero-order valence-corrected chi connectivity index (χ0v) is 11.2. The van der Waals surface area contributed by atoms with E-state index in [0.29, 0.717) is 16.6 Å². The molecular weight excluding hydrogens is 236 g/mol. The quantitative estimate of drug-likeness (QED) is 0.770. The van der Waals surface area contributed by atoms with E-state index in [2.05, 4.69) is 18.9 Å². The fourth-order valence-corrected chi connectivity index (χ4v) is 2.93. The minimum absolute atomic E-state index is 0.139. The molecule has 0 radical (unpaired) electrons. The van der Waals surface area contributed by atoms with Gasteiger partial charge in [0.25, 0.3) is 0 Å². The molecule has 0 amide bonds. The molecule has 1 aromatic heterocycles. The van der Waals surface area contributed by atoms with E-state index >= 15 is 0 Å². The third-order valence-corrected chi connectivity index (χ3v) is 3.94. The number of hydrogen-bond acceptors (Lipinski definition) is 2. The smallest absolute Gasteiger partial charge is 0.185 e. The molecule has 2 atom stereocenters. The maximum atomic E-state index is 12.5. The minimum Gasteiger partial charge on any atom is -0.292 e. The van der Waals surface area contributed by atoms with E-state index in [0.717, 1.165) is 32.2 Å². The average Bonchev–Trinajstić information content (AvgIpc) is 2.86. The first-order valence-corrected chi connectivity index (χ1v) is 6.78. The molecule has 1 fully saturated rings. The summed E-state index contributed by atoms with van der Waals surface area (Å²) in [5.74, 6) is 0.800. The molecule has 3 nitrogen and oxygen atoms in total. The van der Waals surface area contributed by atoms with Crippen molar-refractivity contribution in [2.45, 2.75) is 46.1 Å². The third kappa shape index (κ3) is 2.39. The first-order chi connectivity index (χ1) is 8.15. The van der Waals surface area contributed by atoms with Crippen LogP contribution in [0.3, 0.4) is 0 Å². The summed E-state index contributed by atoms with van der Waals surface area (Å²) in [7, 11) is 0. The van der Waals surface area contributed by atoms with E-state index in [-0.39, 0.29) is 11.7 Å². The molecule has 94 valence electrons. The summed E-state index contributed by atoms with van der Waals surface area (Å²) in [6, 6.07) is 0. The molecule has 1 aromatic rings. The molecule has 0 N–H and O–H groups in total. The predicted molar refractivity (Wildman–Crippen MR) is 68.4 cm³/mol. The number of carbonyl (C=O) groups excluding carboxylic acids is 1. The van der Waals surface area contributed by atoms with Crippen molar-refractivity contribution in [2.75, 3.05) is 0 Å². The van der Waals surface area contributed by atoms with Gasteiger partial charge in [0.15, 0.2) is 5.78 Å². The molecule has 17 heavy (non-hydrogen) atoms. The number of aryl methyl sites for hydroxylation is 1. The van der Waals surface area contributed by atoms with Crippen molar-refractivity contribution in [3.8, 4) is 0 Å². The van der Waals surface area contributed by atoms with Crippen molar-refractivity contribution in [1.29, 1.82) is 0 Å². The first-order valence-electron chi connectivity index (χ1n) is 6.40. The van der Waals surface area contributed by atoms with Crippen LogP contribution in [0.15, 0.2) is 6.20 Å². The van der Waals surface area contributed by atoms with Gasteiger partial charge in [0.1, 0.15) is 5.69 Å². The van der Waals surface area contributed by atoms with Gasteiger partial charge in [-0.15, -0.1) is 0 Å². The lowest BCUT2D eigenvalue weighted by Gasteiger charge is -2.15. The lowest BCUT2D eigenvalue weighted by Crippen LogP contribution is -2.21. The second-order valence-corrected chi connectivity index (χ2v) is 5.35. The fourth-order valence-electron chi connectivity index (χ4n) is 2.70. The van der Waals surface area contributed by atoms with Gasteiger partial charge < -0.3 is 0 Å². The summed E-state index contributed by atoms with van der Waals surface area (Å²) in [6.45, 7) is 4.99. The van der Waals surface area contributed by atoms with Crippen LogP contribution >= 0.6 is 11.6 Å². The molecule has 2 unspecified atom stereocenters. The molecule has 0 spiro atoms. The number of Topliss-reactive ketones (excluding diaryl/α,β-unsaturated/α-hetero) is 1. The molecule has 0 saturated heterocycles. The SMILES string of the molecule is CCCn1ncc(Cl)c1C(=O)C1CCCC1C. The van der Waals surface area contributed by atoms with Crippen molar-refractivity contribution in [3.05, 3.63) is 16.9 Å². The van der Waals surface area contributed by atoms with Gasteiger partial charge in [-0.2, -0.15) is 5.10 Å². The molecule has 0 aliphatic heterocycles. The monoisotopic (exact) mass is 254 g/mol. The van der Waals surface area contributed by atoms with E-state index in [1.54, 1.807) is 10.9 Å². The van der Waals surface area contributed by atoms with Crippen molar-refractivity contribution in [3.63, 3.8) is 0 Å². The summed E-state index contributed by atoms with van der Waals surface area (Å²) in [5.41, 5.74) is 0.618. The van der Waals surface area contributed by atoms with Gasteiger partial charge in [0.05, 0.1) is 11.2 Å². The maximum Gasteiger partial charge on any atom is 0.185 e. The number of rotatable bonds is 4. The van der Waals surface area contributed by atoms with Gasteiger partial charge in [0.2, 0.25) is 0 Å². The number of hydrogen-bond donors (Lipinski definition) is 0. The Kier molecular flexibility index (Phi) is 3.87. The Bertz CT molecular complexity index is 414. The highest BCUT2D eigenvalue weighted by Gasteiger charge is 2.33. The van der Waals surface area contributed by atoms with Crippen molar-refractivity contribution >= 4 is 17.4 Å². The molecule has 4 heteroatoms. The Hall–Kier alpha value is -0.830. The standard InChI is InChI=1S/C13H19ClN2O/c1-3-7-16-12(11(14)8-15-16)13(17)10-6-4-5-9(10)2/h8-10H,3-7H2,1-2H3. The highest BCUT2D eigenvalue weighted by Crippen LogP contribution is 2.35. The zero-order valence-electron chi connectivity index (χ0n) is 10.4. The molecule has 1 aliphatic carbocycles. The van der Waals surface area contributed by atoms with Crippen LogP contribution in [0.25, 0.3) is 0 Å². The summed E-state index contributed by atoms with van der Waals surface area (Å²) < 4.78 is 1.76. The van der Waals surface area contributed by atoms with Crippen LogP contribution in [-0.4, -0.2) is 15.6 Å². The van der Waals surface area contributed by atoms with Crippen LogP contribution in [0.4, 0.5) is 0 Å².